The number of nitrogens with zero attached hydrogens (tertiary/aromatic N) is 3. The fraction of sp³-hybridized carbons (Fsp3) is 0.357. The van der Waals surface area contributed by atoms with Gasteiger partial charge in [0.05, 0.1) is 18.0 Å². The summed E-state index contributed by atoms with van der Waals surface area (Å²) in [5, 5.41) is 6.95. The quantitative estimate of drug-likeness (QED) is 0.567. The Morgan fingerprint density at radius 1 is 1.41 bits per heavy atom. The van der Waals surface area contributed by atoms with Crippen molar-refractivity contribution in [3.8, 4) is 11.6 Å². The molecule has 0 saturated carbocycles. The normalized spacial score (nSPS) is 10.5. The molecule has 7 nitrogen and oxygen atoms in total. The van der Waals surface area contributed by atoms with Gasteiger partial charge in [-0.3, -0.25) is 4.79 Å². The number of aromatic nitrogens is 3. The topological polar surface area (TPSA) is 78.3 Å². The van der Waals surface area contributed by atoms with Crippen molar-refractivity contribution < 1.29 is 14.3 Å². The first kappa shape index (κ1) is 16.4. The van der Waals surface area contributed by atoms with Crippen LogP contribution < -0.4 is 10.1 Å². The van der Waals surface area contributed by atoms with Crippen molar-refractivity contribution in [2.45, 2.75) is 6.42 Å². The summed E-state index contributed by atoms with van der Waals surface area (Å²) in [6, 6.07) is 3.44. The van der Waals surface area contributed by atoms with Gasteiger partial charge in [0.1, 0.15) is 5.52 Å². The third kappa shape index (κ3) is 4.54. The maximum absolute atomic E-state index is 11.9. The Morgan fingerprint density at radius 3 is 2.95 bits per heavy atom. The van der Waals surface area contributed by atoms with E-state index in [1.165, 1.54) is 6.20 Å². The maximum atomic E-state index is 11.9. The minimum absolute atomic E-state index is 0.154. The van der Waals surface area contributed by atoms with Crippen LogP contribution in [0.1, 0.15) is 16.8 Å². The fourth-order valence-electron chi connectivity index (χ4n) is 1.75. The summed E-state index contributed by atoms with van der Waals surface area (Å²) in [5.41, 5.74) is 0.902. The highest BCUT2D eigenvalue weighted by molar-refractivity contribution is 9.09. The van der Waals surface area contributed by atoms with Crippen molar-refractivity contribution in [1.29, 1.82) is 0 Å². The zero-order chi connectivity index (χ0) is 15.8. The molecule has 0 aromatic carbocycles. The van der Waals surface area contributed by atoms with Crippen molar-refractivity contribution in [1.82, 2.24) is 20.1 Å². The fourth-order valence-corrected chi connectivity index (χ4v) is 2.01. The van der Waals surface area contributed by atoms with Gasteiger partial charge in [-0.2, -0.15) is 5.10 Å². The number of rotatable bonds is 8. The Labute approximate surface area is 136 Å². The molecule has 2 aromatic heterocycles. The molecule has 2 rings (SSSR count). The molecule has 1 N–H and O–H groups in total. The number of nitrogens with one attached hydrogen (secondary N) is 1. The number of carbonyl (C=O) groups is 1. The van der Waals surface area contributed by atoms with Gasteiger partial charge in [-0.15, -0.1) is 0 Å². The van der Waals surface area contributed by atoms with Crippen LogP contribution in [0.25, 0.3) is 5.82 Å². The zero-order valence-electron chi connectivity index (χ0n) is 12.2. The number of hydrogen-bond donors (Lipinski definition) is 1. The number of carbonyl (C=O) groups excluding carboxylic acids is 1. The van der Waals surface area contributed by atoms with E-state index in [4.69, 9.17) is 9.47 Å². The molecule has 0 atom stereocenters. The van der Waals surface area contributed by atoms with E-state index in [2.05, 4.69) is 31.3 Å². The van der Waals surface area contributed by atoms with Crippen molar-refractivity contribution in [3.63, 3.8) is 0 Å². The summed E-state index contributed by atoms with van der Waals surface area (Å²) in [7, 11) is 1.63. The van der Waals surface area contributed by atoms with E-state index in [0.29, 0.717) is 35.8 Å². The molecule has 0 aliphatic carbocycles. The number of alkyl halides is 1. The SMILES string of the molecule is COCCCNC(=O)c1ccc(-n2cc(OCBr)cn2)nc1. The van der Waals surface area contributed by atoms with E-state index < -0.39 is 0 Å². The van der Waals surface area contributed by atoms with Crippen LogP contribution in [0.5, 0.6) is 5.75 Å². The van der Waals surface area contributed by atoms with Crippen LogP contribution in [-0.4, -0.2) is 46.4 Å². The number of amides is 1. The molecule has 2 heterocycles. The molecule has 0 bridgehead atoms. The molecular formula is C14H17BrN4O3. The largest absolute Gasteiger partial charge is 0.479 e. The smallest absolute Gasteiger partial charge is 0.252 e. The molecule has 0 unspecified atom stereocenters. The summed E-state index contributed by atoms with van der Waals surface area (Å²) >= 11 is 3.18. The molecule has 8 heteroatoms. The molecule has 0 spiro atoms. The van der Waals surface area contributed by atoms with Crippen LogP contribution in [0.4, 0.5) is 0 Å². The Kier molecular flexibility index (Phi) is 6.35. The van der Waals surface area contributed by atoms with Crippen LogP contribution in [-0.2, 0) is 4.74 Å². The van der Waals surface area contributed by atoms with Crippen molar-refractivity contribution >= 4 is 21.8 Å². The van der Waals surface area contributed by atoms with Gasteiger partial charge < -0.3 is 14.8 Å². The second kappa shape index (κ2) is 8.50. The second-order valence-electron chi connectivity index (χ2n) is 4.38. The predicted molar refractivity (Wildman–Crippen MR) is 84.6 cm³/mol. The maximum Gasteiger partial charge on any atom is 0.252 e. The van der Waals surface area contributed by atoms with Crippen molar-refractivity contribution in [2.24, 2.45) is 0 Å². The molecule has 2 aromatic rings. The molecule has 0 saturated heterocycles. The van der Waals surface area contributed by atoms with E-state index in [-0.39, 0.29) is 5.91 Å². The third-order valence-electron chi connectivity index (χ3n) is 2.84. The first-order valence-corrected chi connectivity index (χ1v) is 7.83. The van der Waals surface area contributed by atoms with Gasteiger partial charge in [-0.25, -0.2) is 9.67 Å². The number of ether oxygens (including phenoxy) is 2. The van der Waals surface area contributed by atoms with E-state index in [0.717, 1.165) is 6.42 Å². The lowest BCUT2D eigenvalue weighted by Gasteiger charge is -2.05. The van der Waals surface area contributed by atoms with Crippen LogP contribution >= 0.6 is 15.9 Å². The number of halogens is 1. The lowest BCUT2D eigenvalue weighted by atomic mass is 10.2. The molecule has 1 amide bonds. The highest BCUT2D eigenvalue weighted by Crippen LogP contribution is 2.13. The molecule has 0 aliphatic rings. The van der Waals surface area contributed by atoms with E-state index in [9.17, 15) is 4.79 Å². The lowest BCUT2D eigenvalue weighted by Crippen LogP contribution is -2.25. The first-order chi connectivity index (χ1) is 10.7. The monoisotopic (exact) mass is 368 g/mol. The summed E-state index contributed by atoms with van der Waals surface area (Å²) in [4.78, 5) is 16.1. The average molecular weight is 369 g/mol. The molecular weight excluding hydrogens is 352 g/mol. The number of pyridine rings is 1. The minimum Gasteiger partial charge on any atom is -0.479 e. The van der Waals surface area contributed by atoms with Gasteiger partial charge in [-0.05, 0) is 34.5 Å². The molecule has 0 fully saturated rings. The average Bonchev–Trinajstić information content (AvgIpc) is 3.00. The van der Waals surface area contributed by atoms with E-state index >= 15 is 0 Å². The first-order valence-electron chi connectivity index (χ1n) is 6.71. The van der Waals surface area contributed by atoms with Crippen molar-refractivity contribution in [3.05, 3.63) is 36.3 Å². The second-order valence-corrected chi connectivity index (χ2v) is 4.84. The standard InChI is InChI=1S/C14H17BrN4O3/c1-21-6-2-5-16-14(20)11-3-4-13(17-7-11)19-9-12(8-18-19)22-10-15/h3-4,7-9H,2,5-6,10H2,1H3,(H,16,20). The van der Waals surface area contributed by atoms with E-state index in [1.54, 1.807) is 36.3 Å². The Morgan fingerprint density at radius 2 is 2.27 bits per heavy atom. The molecule has 0 aliphatic heterocycles. The van der Waals surface area contributed by atoms with Crippen molar-refractivity contribution in [2.75, 3.05) is 25.8 Å². The minimum atomic E-state index is -0.154. The Balaban J connectivity index is 1.95. The van der Waals surface area contributed by atoms with E-state index in [1.807, 2.05) is 0 Å². The number of hydrogen-bond acceptors (Lipinski definition) is 5. The van der Waals surface area contributed by atoms with Crippen LogP contribution in [0, 0.1) is 0 Å². The third-order valence-corrected chi connectivity index (χ3v) is 3.06. The summed E-state index contributed by atoms with van der Waals surface area (Å²) in [5.74, 6) is 1.10. The number of methoxy groups -OCH3 is 1. The predicted octanol–water partition coefficient (Wildman–Crippen LogP) is 1.76. The van der Waals surface area contributed by atoms with Gasteiger partial charge >= 0.3 is 0 Å². The van der Waals surface area contributed by atoms with Crippen LogP contribution in [0.15, 0.2) is 30.7 Å². The van der Waals surface area contributed by atoms with Gasteiger partial charge in [-0.1, -0.05) is 0 Å². The highest BCUT2D eigenvalue weighted by atomic mass is 79.9. The van der Waals surface area contributed by atoms with Crippen LogP contribution in [0.3, 0.4) is 0 Å². The molecule has 22 heavy (non-hydrogen) atoms. The molecule has 0 radical (unpaired) electrons. The Bertz CT molecular complexity index is 600. The highest BCUT2D eigenvalue weighted by Gasteiger charge is 2.07. The lowest BCUT2D eigenvalue weighted by molar-refractivity contribution is 0.0948. The van der Waals surface area contributed by atoms with Gasteiger partial charge in [0, 0.05) is 26.5 Å². The van der Waals surface area contributed by atoms with Gasteiger partial charge in [0.25, 0.3) is 5.91 Å². The van der Waals surface area contributed by atoms with Gasteiger partial charge in [0.15, 0.2) is 11.6 Å². The molecule has 118 valence electrons. The van der Waals surface area contributed by atoms with Gasteiger partial charge in [0.2, 0.25) is 0 Å². The van der Waals surface area contributed by atoms with Crippen LogP contribution in [0.2, 0.25) is 0 Å². The zero-order valence-corrected chi connectivity index (χ0v) is 13.7. The summed E-state index contributed by atoms with van der Waals surface area (Å²) in [6.07, 6.45) is 5.61. The summed E-state index contributed by atoms with van der Waals surface area (Å²) < 4.78 is 11.8. The summed E-state index contributed by atoms with van der Waals surface area (Å²) in [6.45, 7) is 1.19. The Hall–Kier alpha value is -1.93.